The van der Waals surface area contributed by atoms with Crippen LogP contribution in [0.4, 0.5) is 11.4 Å². The van der Waals surface area contributed by atoms with Crippen LogP contribution in [0.25, 0.3) is 0 Å². The molecule has 1 aromatic carbocycles. The molecule has 7 heteroatoms. The second kappa shape index (κ2) is 5.79. The number of hydrogen-bond donors (Lipinski definition) is 1. The van der Waals surface area contributed by atoms with Gasteiger partial charge in [0.1, 0.15) is 5.69 Å². The van der Waals surface area contributed by atoms with Crippen molar-refractivity contribution in [1.82, 2.24) is 0 Å². The molecule has 6 nitrogen and oxygen atoms in total. The van der Waals surface area contributed by atoms with Gasteiger partial charge in [0.05, 0.1) is 18.1 Å². The summed E-state index contributed by atoms with van der Waals surface area (Å²) >= 11 is 5.82. The number of benzene rings is 1. The molecule has 1 saturated heterocycles. The van der Waals surface area contributed by atoms with Crippen LogP contribution in [0.1, 0.15) is 25.7 Å². The first kappa shape index (κ1) is 14.6. The van der Waals surface area contributed by atoms with Crippen LogP contribution in [-0.2, 0) is 9.47 Å². The van der Waals surface area contributed by atoms with Crippen LogP contribution in [0.3, 0.4) is 0 Å². The van der Waals surface area contributed by atoms with Crippen molar-refractivity contribution in [3.05, 3.63) is 33.3 Å². The minimum absolute atomic E-state index is 0.0103. The highest BCUT2D eigenvalue weighted by molar-refractivity contribution is 6.30. The van der Waals surface area contributed by atoms with E-state index >= 15 is 0 Å². The van der Waals surface area contributed by atoms with Gasteiger partial charge in [-0.3, -0.25) is 10.1 Å². The molecule has 1 aromatic rings. The molecule has 1 saturated carbocycles. The van der Waals surface area contributed by atoms with Crippen LogP contribution < -0.4 is 5.32 Å². The van der Waals surface area contributed by atoms with Gasteiger partial charge in [-0.15, -0.1) is 0 Å². The molecule has 0 aromatic heterocycles. The molecule has 21 heavy (non-hydrogen) atoms. The number of nitrogens with zero attached hydrogens (tertiary/aromatic N) is 1. The monoisotopic (exact) mass is 312 g/mol. The van der Waals surface area contributed by atoms with Crippen molar-refractivity contribution in [3.8, 4) is 0 Å². The summed E-state index contributed by atoms with van der Waals surface area (Å²) in [4.78, 5) is 10.7. The Morgan fingerprint density at radius 3 is 2.57 bits per heavy atom. The van der Waals surface area contributed by atoms with E-state index in [1.807, 2.05) is 0 Å². The number of anilines is 1. The van der Waals surface area contributed by atoms with Gasteiger partial charge in [0.2, 0.25) is 0 Å². The fraction of sp³-hybridized carbons (Fsp3) is 0.571. The lowest BCUT2D eigenvalue weighted by atomic mass is 9.90. The summed E-state index contributed by atoms with van der Waals surface area (Å²) in [6, 6.07) is 4.87. The third-order valence-electron chi connectivity index (χ3n) is 4.08. The van der Waals surface area contributed by atoms with E-state index in [1.165, 1.54) is 6.07 Å². The second-order valence-corrected chi connectivity index (χ2v) is 5.88. The third-order valence-corrected chi connectivity index (χ3v) is 4.31. The van der Waals surface area contributed by atoms with Gasteiger partial charge in [-0.25, -0.2) is 0 Å². The number of halogens is 1. The van der Waals surface area contributed by atoms with E-state index < -0.39 is 10.7 Å². The van der Waals surface area contributed by atoms with E-state index in [9.17, 15) is 10.1 Å². The van der Waals surface area contributed by atoms with Crippen molar-refractivity contribution in [1.29, 1.82) is 0 Å². The summed E-state index contributed by atoms with van der Waals surface area (Å²) in [5, 5.41) is 14.7. The minimum Gasteiger partial charge on any atom is -0.377 e. The number of hydrogen-bond acceptors (Lipinski definition) is 5. The Bertz CT molecular complexity index is 536. The first-order valence-electron chi connectivity index (χ1n) is 7.06. The van der Waals surface area contributed by atoms with Crippen molar-refractivity contribution < 1.29 is 14.4 Å². The van der Waals surface area contributed by atoms with Crippen molar-refractivity contribution in [3.63, 3.8) is 0 Å². The zero-order valence-electron chi connectivity index (χ0n) is 11.5. The van der Waals surface area contributed by atoms with Gasteiger partial charge in [-0.1, -0.05) is 11.6 Å². The Balaban J connectivity index is 1.66. The van der Waals surface area contributed by atoms with E-state index in [4.69, 9.17) is 21.1 Å². The maximum Gasteiger partial charge on any atom is 0.293 e. The average Bonchev–Trinajstić information content (AvgIpc) is 2.92. The van der Waals surface area contributed by atoms with Crippen LogP contribution in [0.2, 0.25) is 5.02 Å². The van der Waals surface area contributed by atoms with Gasteiger partial charge < -0.3 is 14.8 Å². The van der Waals surface area contributed by atoms with E-state index in [0.29, 0.717) is 23.9 Å². The van der Waals surface area contributed by atoms with E-state index in [-0.39, 0.29) is 11.7 Å². The predicted molar refractivity (Wildman–Crippen MR) is 78.6 cm³/mol. The van der Waals surface area contributed by atoms with Crippen molar-refractivity contribution >= 4 is 23.0 Å². The number of nitrogens with one attached hydrogen (secondary N) is 1. The third kappa shape index (κ3) is 3.12. The lowest BCUT2D eigenvalue weighted by Gasteiger charge is -2.35. The maximum absolute atomic E-state index is 11.1. The Morgan fingerprint density at radius 1 is 1.29 bits per heavy atom. The smallest absolute Gasteiger partial charge is 0.293 e. The molecule has 0 radical (unpaired) electrons. The summed E-state index contributed by atoms with van der Waals surface area (Å²) < 4.78 is 11.4. The molecule has 1 N–H and O–H groups in total. The summed E-state index contributed by atoms with van der Waals surface area (Å²) in [5.74, 6) is -0.413. The highest BCUT2D eigenvalue weighted by Crippen LogP contribution is 2.37. The Labute approximate surface area is 127 Å². The average molecular weight is 313 g/mol. The highest BCUT2D eigenvalue weighted by atomic mass is 35.5. The normalized spacial score (nSPS) is 21.6. The number of rotatable bonds is 3. The van der Waals surface area contributed by atoms with E-state index in [1.54, 1.807) is 12.1 Å². The summed E-state index contributed by atoms with van der Waals surface area (Å²) in [6.07, 6.45) is 3.34. The predicted octanol–water partition coefficient (Wildman–Crippen LogP) is 3.35. The SMILES string of the molecule is O=[N+]([O-])c1cc(Cl)ccc1NC1CCC2(CC1)OCCO2. The Kier molecular flexibility index (Phi) is 4.01. The molecule has 1 aliphatic carbocycles. The second-order valence-electron chi connectivity index (χ2n) is 5.44. The lowest BCUT2D eigenvalue weighted by Crippen LogP contribution is -2.39. The Hall–Kier alpha value is -1.37. The highest BCUT2D eigenvalue weighted by Gasteiger charge is 2.40. The van der Waals surface area contributed by atoms with Crippen molar-refractivity contribution in [2.45, 2.75) is 37.5 Å². The van der Waals surface area contributed by atoms with Gasteiger partial charge in [0, 0.05) is 30.0 Å². The van der Waals surface area contributed by atoms with Crippen molar-refractivity contribution in [2.24, 2.45) is 0 Å². The van der Waals surface area contributed by atoms with Crippen LogP contribution in [-0.4, -0.2) is 30.0 Å². The molecule has 0 unspecified atom stereocenters. The molecule has 3 rings (SSSR count). The zero-order chi connectivity index (χ0) is 14.9. The first-order chi connectivity index (χ1) is 10.1. The molecule has 2 fully saturated rings. The van der Waals surface area contributed by atoms with E-state index in [2.05, 4.69) is 5.32 Å². The quantitative estimate of drug-likeness (QED) is 0.684. The fourth-order valence-electron chi connectivity index (χ4n) is 2.99. The minimum atomic E-state index is -0.415. The van der Waals surface area contributed by atoms with Crippen LogP contribution in [0.15, 0.2) is 18.2 Å². The molecule has 1 spiro atoms. The Morgan fingerprint density at radius 2 is 1.95 bits per heavy atom. The van der Waals surface area contributed by atoms with Gasteiger partial charge in [-0.2, -0.15) is 0 Å². The van der Waals surface area contributed by atoms with Crippen LogP contribution in [0, 0.1) is 10.1 Å². The standard InChI is InChI=1S/C14H17ClN2O4/c15-10-1-2-12(13(9-10)17(18)19)16-11-3-5-14(6-4-11)20-7-8-21-14/h1-2,9,11,16H,3-8H2. The summed E-state index contributed by atoms with van der Waals surface area (Å²) in [7, 11) is 0. The van der Waals surface area contributed by atoms with Gasteiger partial charge in [-0.05, 0) is 25.0 Å². The van der Waals surface area contributed by atoms with Crippen molar-refractivity contribution in [2.75, 3.05) is 18.5 Å². The molecule has 114 valence electrons. The lowest BCUT2D eigenvalue weighted by molar-refractivity contribution is -0.384. The largest absolute Gasteiger partial charge is 0.377 e. The molecular formula is C14H17ClN2O4. The number of nitro benzene ring substituents is 1. The summed E-state index contributed by atoms with van der Waals surface area (Å²) in [6.45, 7) is 1.31. The van der Waals surface area contributed by atoms with Crippen LogP contribution in [0.5, 0.6) is 0 Å². The fourth-order valence-corrected chi connectivity index (χ4v) is 3.15. The maximum atomic E-state index is 11.1. The molecule has 1 heterocycles. The van der Waals surface area contributed by atoms with Crippen LogP contribution >= 0.6 is 11.6 Å². The molecule has 0 amide bonds. The number of nitro groups is 1. The van der Waals surface area contributed by atoms with Gasteiger partial charge in [0.15, 0.2) is 5.79 Å². The van der Waals surface area contributed by atoms with Gasteiger partial charge in [0.25, 0.3) is 5.69 Å². The number of ether oxygens (including phenoxy) is 2. The topological polar surface area (TPSA) is 73.6 Å². The molecule has 0 bridgehead atoms. The molecule has 1 aliphatic heterocycles. The first-order valence-corrected chi connectivity index (χ1v) is 7.44. The zero-order valence-corrected chi connectivity index (χ0v) is 12.3. The molecule has 2 aliphatic rings. The van der Waals surface area contributed by atoms with E-state index in [0.717, 1.165) is 25.7 Å². The summed E-state index contributed by atoms with van der Waals surface area (Å²) in [5.41, 5.74) is 0.523. The van der Waals surface area contributed by atoms with Gasteiger partial charge >= 0.3 is 0 Å². The molecular weight excluding hydrogens is 296 g/mol. The molecule has 0 atom stereocenters.